The van der Waals surface area contributed by atoms with Gasteiger partial charge in [-0.25, -0.2) is 9.18 Å². The fraction of sp³-hybridized carbons (Fsp3) is 0.576. The second-order valence-electron chi connectivity index (χ2n) is 12.5. The van der Waals surface area contributed by atoms with Gasteiger partial charge in [-0.3, -0.25) is 9.69 Å². The standard InChI is InChI=1S/C33H46ClFN4O3/c1-6-7-21-42-32(41)37-16-8-15-36(17-18-37)24(2)25-9-11-26(12-10-25)30-23-38(29-14-13-27(34)22-28(29)35)19-20-39(30)31(40)33(3,4)5/h9-14,22,24,30H,6-8,15-21,23H2,1-5H3. The summed E-state index contributed by atoms with van der Waals surface area (Å²) in [7, 11) is 0. The molecule has 0 aliphatic carbocycles. The van der Waals surface area contributed by atoms with Crippen molar-refractivity contribution in [2.45, 2.75) is 66.0 Å². The van der Waals surface area contributed by atoms with Crippen LogP contribution < -0.4 is 4.90 Å². The zero-order valence-electron chi connectivity index (χ0n) is 25.7. The van der Waals surface area contributed by atoms with Gasteiger partial charge in [-0.15, -0.1) is 0 Å². The molecular weight excluding hydrogens is 555 g/mol. The van der Waals surface area contributed by atoms with Crippen LogP contribution in [0.3, 0.4) is 0 Å². The highest BCUT2D eigenvalue weighted by Gasteiger charge is 2.37. The summed E-state index contributed by atoms with van der Waals surface area (Å²) in [6.07, 6.45) is 2.57. The molecule has 7 nitrogen and oxygen atoms in total. The van der Waals surface area contributed by atoms with Crippen LogP contribution >= 0.6 is 11.6 Å². The number of hydrogen-bond acceptors (Lipinski definition) is 5. The SMILES string of the molecule is CCCCOC(=O)N1CCCN(C(C)c2ccc(C3CN(c4ccc(Cl)cc4F)CCN3C(=O)C(C)(C)C)cc2)CC1. The van der Waals surface area contributed by atoms with Gasteiger partial charge in [0.15, 0.2) is 0 Å². The van der Waals surface area contributed by atoms with E-state index in [4.69, 9.17) is 16.3 Å². The second kappa shape index (κ2) is 14.1. The molecule has 0 radical (unpaired) electrons. The van der Waals surface area contributed by atoms with Crippen molar-refractivity contribution in [1.29, 1.82) is 0 Å². The maximum atomic E-state index is 14.9. The molecule has 0 aromatic heterocycles. The molecule has 2 aromatic rings. The molecule has 2 aliphatic rings. The van der Waals surface area contributed by atoms with Crippen molar-refractivity contribution in [2.75, 3.05) is 57.3 Å². The maximum absolute atomic E-state index is 14.9. The lowest BCUT2D eigenvalue weighted by Gasteiger charge is -2.45. The van der Waals surface area contributed by atoms with E-state index in [0.29, 0.717) is 50.0 Å². The van der Waals surface area contributed by atoms with E-state index >= 15 is 0 Å². The number of halogens is 2. The minimum Gasteiger partial charge on any atom is -0.449 e. The van der Waals surface area contributed by atoms with Crippen LogP contribution in [0.15, 0.2) is 42.5 Å². The number of unbranched alkanes of at least 4 members (excludes halogenated alkanes) is 1. The summed E-state index contributed by atoms with van der Waals surface area (Å²) in [5.41, 5.74) is 2.19. The van der Waals surface area contributed by atoms with Crippen molar-refractivity contribution in [3.8, 4) is 0 Å². The number of nitrogens with zero attached hydrogens (tertiary/aromatic N) is 4. The number of rotatable bonds is 7. The quantitative estimate of drug-likeness (QED) is 0.323. The molecule has 0 N–H and O–H groups in total. The molecule has 2 fully saturated rings. The van der Waals surface area contributed by atoms with E-state index in [2.05, 4.69) is 43.0 Å². The number of carbonyl (C=O) groups is 2. The van der Waals surface area contributed by atoms with Crippen molar-refractivity contribution in [1.82, 2.24) is 14.7 Å². The number of piperazine rings is 1. The normalized spacial score (nSPS) is 19.4. The van der Waals surface area contributed by atoms with Crippen molar-refractivity contribution < 1.29 is 18.7 Å². The maximum Gasteiger partial charge on any atom is 0.409 e. The number of carbonyl (C=O) groups excluding carboxylic acids is 2. The third-order valence-electron chi connectivity index (χ3n) is 8.40. The molecule has 230 valence electrons. The minimum atomic E-state index is -0.524. The van der Waals surface area contributed by atoms with Crippen LogP contribution in [0.2, 0.25) is 5.02 Å². The van der Waals surface area contributed by atoms with Gasteiger partial charge in [0.1, 0.15) is 5.82 Å². The van der Waals surface area contributed by atoms with Gasteiger partial charge in [-0.1, -0.05) is 70.0 Å². The molecule has 2 aliphatic heterocycles. The van der Waals surface area contributed by atoms with Gasteiger partial charge < -0.3 is 19.4 Å². The molecule has 2 amide bonds. The van der Waals surface area contributed by atoms with Crippen LogP contribution in [0.5, 0.6) is 0 Å². The van der Waals surface area contributed by atoms with Crippen LogP contribution in [0.4, 0.5) is 14.9 Å². The summed E-state index contributed by atoms with van der Waals surface area (Å²) >= 11 is 6.01. The van der Waals surface area contributed by atoms with Gasteiger partial charge in [0.25, 0.3) is 0 Å². The molecule has 2 saturated heterocycles. The molecule has 2 atom stereocenters. The summed E-state index contributed by atoms with van der Waals surface area (Å²) in [5, 5.41) is 0.364. The van der Waals surface area contributed by atoms with E-state index in [1.165, 1.54) is 11.6 Å². The lowest BCUT2D eigenvalue weighted by atomic mass is 9.91. The highest BCUT2D eigenvalue weighted by Crippen LogP contribution is 2.34. The summed E-state index contributed by atoms with van der Waals surface area (Å²) in [4.78, 5) is 34.2. The van der Waals surface area contributed by atoms with Crippen molar-refractivity contribution in [2.24, 2.45) is 5.41 Å². The van der Waals surface area contributed by atoms with Crippen LogP contribution in [0.1, 0.15) is 77.1 Å². The molecule has 4 rings (SSSR count). The van der Waals surface area contributed by atoms with E-state index in [-0.39, 0.29) is 29.9 Å². The van der Waals surface area contributed by atoms with Gasteiger partial charge in [-0.2, -0.15) is 0 Å². The van der Waals surface area contributed by atoms with E-state index in [9.17, 15) is 14.0 Å². The smallest absolute Gasteiger partial charge is 0.409 e. The zero-order chi connectivity index (χ0) is 30.4. The van der Waals surface area contributed by atoms with Crippen LogP contribution in [-0.4, -0.2) is 79.1 Å². The summed E-state index contributed by atoms with van der Waals surface area (Å²) in [6.45, 7) is 15.2. The van der Waals surface area contributed by atoms with E-state index in [1.807, 2.05) is 35.5 Å². The molecule has 2 aromatic carbocycles. The molecule has 2 heterocycles. The van der Waals surface area contributed by atoms with Crippen LogP contribution in [0.25, 0.3) is 0 Å². The van der Waals surface area contributed by atoms with Gasteiger partial charge in [-0.05, 0) is 49.1 Å². The first kappa shape index (κ1) is 32.1. The Kier molecular flexibility index (Phi) is 10.8. The highest BCUT2D eigenvalue weighted by molar-refractivity contribution is 6.30. The number of benzene rings is 2. The first-order valence-corrected chi connectivity index (χ1v) is 15.6. The Morgan fingerprint density at radius 2 is 1.76 bits per heavy atom. The Labute approximate surface area is 255 Å². The van der Waals surface area contributed by atoms with Crippen LogP contribution in [-0.2, 0) is 9.53 Å². The Morgan fingerprint density at radius 1 is 1.02 bits per heavy atom. The van der Waals surface area contributed by atoms with Crippen LogP contribution in [0, 0.1) is 11.2 Å². The fourth-order valence-corrected chi connectivity index (χ4v) is 5.97. The first-order valence-electron chi connectivity index (χ1n) is 15.3. The molecular formula is C33H46ClFN4O3. The summed E-state index contributed by atoms with van der Waals surface area (Å²) < 4.78 is 20.3. The van der Waals surface area contributed by atoms with Crippen molar-refractivity contribution in [3.63, 3.8) is 0 Å². The van der Waals surface area contributed by atoms with E-state index in [1.54, 1.807) is 12.1 Å². The Morgan fingerprint density at radius 3 is 2.43 bits per heavy atom. The van der Waals surface area contributed by atoms with Crippen molar-refractivity contribution >= 4 is 29.3 Å². The molecule has 2 unspecified atom stereocenters. The lowest BCUT2D eigenvalue weighted by molar-refractivity contribution is -0.142. The molecule has 0 saturated carbocycles. The number of amides is 2. The summed E-state index contributed by atoms with van der Waals surface area (Å²) in [5.74, 6) is -0.269. The highest BCUT2D eigenvalue weighted by atomic mass is 35.5. The van der Waals surface area contributed by atoms with Gasteiger partial charge >= 0.3 is 6.09 Å². The largest absolute Gasteiger partial charge is 0.449 e. The fourth-order valence-electron chi connectivity index (χ4n) is 5.81. The second-order valence-corrected chi connectivity index (χ2v) is 12.9. The predicted octanol–water partition coefficient (Wildman–Crippen LogP) is 6.92. The molecule has 0 spiro atoms. The zero-order valence-corrected chi connectivity index (χ0v) is 26.5. The topological polar surface area (TPSA) is 56.3 Å². The van der Waals surface area contributed by atoms with Gasteiger partial charge in [0.2, 0.25) is 5.91 Å². The Balaban J connectivity index is 1.48. The number of anilines is 1. The summed E-state index contributed by atoms with van der Waals surface area (Å²) in [6, 6.07) is 13.2. The first-order chi connectivity index (χ1) is 20.0. The van der Waals surface area contributed by atoms with Gasteiger partial charge in [0.05, 0.1) is 18.3 Å². The third kappa shape index (κ3) is 7.75. The predicted molar refractivity (Wildman–Crippen MR) is 166 cm³/mol. The molecule has 42 heavy (non-hydrogen) atoms. The number of ether oxygens (including phenoxy) is 1. The van der Waals surface area contributed by atoms with E-state index in [0.717, 1.165) is 37.9 Å². The average molecular weight is 601 g/mol. The Bertz CT molecular complexity index is 1220. The molecule has 9 heteroatoms. The minimum absolute atomic E-state index is 0.0866. The monoisotopic (exact) mass is 600 g/mol. The van der Waals surface area contributed by atoms with Gasteiger partial charge in [0, 0.05) is 62.3 Å². The van der Waals surface area contributed by atoms with Crippen molar-refractivity contribution in [3.05, 3.63) is 64.4 Å². The average Bonchev–Trinajstić information content (AvgIpc) is 3.22. The Hall–Kier alpha value is -2.84. The lowest BCUT2D eigenvalue weighted by Crippen LogP contribution is -2.53. The third-order valence-corrected chi connectivity index (χ3v) is 8.63. The molecule has 0 bridgehead atoms. The number of hydrogen-bond donors (Lipinski definition) is 0. The van der Waals surface area contributed by atoms with E-state index < -0.39 is 5.41 Å².